The summed E-state index contributed by atoms with van der Waals surface area (Å²) in [5.74, 6) is -0.646. The van der Waals surface area contributed by atoms with E-state index >= 15 is 0 Å². The number of benzene rings is 2. The van der Waals surface area contributed by atoms with Crippen molar-refractivity contribution < 1.29 is 33.3 Å². The lowest BCUT2D eigenvalue weighted by Crippen LogP contribution is -2.30. The highest BCUT2D eigenvalue weighted by atomic mass is 19.1. The number of carboxylic acid groups (broad SMARTS) is 1. The molecule has 0 fully saturated rings. The van der Waals surface area contributed by atoms with Gasteiger partial charge in [-0.05, 0) is 49.4 Å². The van der Waals surface area contributed by atoms with Crippen molar-refractivity contribution in [2.24, 2.45) is 0 Å². The summed E-state index contributed by atoms with van der Waals surface area (Å²) in [5, 5.41) is 8.73. The fourth-order valence-corrected chi connectivity index (χ4v) is 2.32. The lowest BCUT2D eigenvalue weighted by Gasteiger charge is -2.19. The van der Waals surface area contributed by atoms with Crippen molar-refractivity contribution in [3.05, 3.63) is 53.8 Å². The van der Waals surface area contributed by atoms with Gasteiger partial charge in [-0.2, -0.15) is 0 Å². The normalized spacial score (nSPS) is 10.2. The standard InChI is InChI=1S/C20H22FNO6/c1-3-26-18-12-14(4-9-17(18)28-13-19(23)24)20(25)22(2)10-11-27-16-7-5-15(21)6-8-16/h4-9,12H,3,10-11,13H2,1-2H3,(H,23,24). The number of rotatable bonds is 10. The summed E-state index contributed by atoms with van der Waals surface area (Å²) in [5.41, 5.74) is 0.371. The van der Waals surface area contributed by atoms with Crippen LogP contribution < -0.4 is 14.2 Å². The van der Waals surface area contributed by atoms with Gasteiger partial charge >= 0.3 is 5.97 Å². The molecule has 0 atom stereocenters. The molecule has 0 saturated heterocycles. The average Bonchev–Trinajstić information content (AvgIpc) is 2.68. The van der Waals surface area contributed by atoms with Gasteiger partial charge < -0.3 is 24.2 Å². The zero-order valence-electron chi connectivity index (χ0n) is 15.7. The fourth-order valence-electron chi connectivity index (χ4n) is 2.32. The van der Waals surface area contributed by atoms with E-state index in [9.17, 15) is 14.0 Å². The second-order valence-electron chi connectivity index (χ2n) is 5.81. The topological polar surface area (TPSA) is 85.3 Å². The second kappa shape index (κ2) is 10.1. The minimum absolute atomic E-state index is 0.242. The van der Waals surface area contributed by atoms with Gasteiger partial charge in [0, 0.05) is 12.6 Å². The first-order valence-corrected chi connectivity index (χ1v) is 8.66. The summed E-state index contributed by atoms with van der Waals surface area (Å²) in [6.07, 6.45) is 0. The first kappa shape index (κ1) is 21.0. The molecule has 28 heavy (non-hydrogen) atoms. The Kier molecular flexibility index (Phi) is 7.62. The van der Waals surface area contributed by atoms with E-state index in [-0.39, 0.29) is 24.1 Å². The van der Waals surface area contributed by atoms with Gasteiger partial charge in [0.15, 0.2) is 18.1 Å². The van der Waals surface area contributed by atoms with Crippen LogP contribution in [0.1, 0.15) is 17.3 Å². The van der Waals surface area contributed by atoms with E-state index in [1.807, 2.05) is 0 Å². The molecule has 2 rings (SSSR count). The van der Waals surface area contributed by atoms with E-state index in [1.54, 1.807) is 20.0 Å². The van der Waals surface area contributed by atoms with Crippen LogP contribution in [0.15, 0.2) is 42.5 Å². The van der Waals surface area contributed by atoms with Crippen LogP contribution in [0.2, 0.25) is 0 Å². The number of carbonyl (C=O) groups excluding carboxylic acids is 1. The van der Waals surface area contributed by atoms with Gasteiger partial charge in [-0.15, -0.1) is 0 Å². The maximum Gasteiger partial charge on any atom is 0.341 e. The molecule has 2 aromatic carbocycles. The molecule has 0 aliphatic rings. The molecule has 7 nitrogen and oxygen atoms in total. The Hall–Kier alpha value is -3.29. The Morgan fingerprint density at radius 3 is 2.39 bits per heavy atom. The van der Waals surface area contributed by atoms with Gasteiger partial charge in [-0.1, -0.05) is 0 Å². The number of carbonyl (C=O) groups is 2. The van der Waals surface area contributed by atoms with Crippen molar-refractivity contribution >= 4 is 11.9 Å². The highest BCUT2D eigenvalue weighted by molar-refractivity contribution is 5.94. The lowest BCUT2D eigenvalue weighted by atomic mass is 10.1. The molecule has 1 N–H and O–H groups in total. The molecule has 0 bridgehead atoms. The minimum Gasteiger partial charge on any atom is -0.492 e. The highest BCUT2D eigenvalue weighted by Crippen LogP contribution is 2.29. The minimum atomic E-state index is -1.11. The number of hydrogen-bond acceptors (Lipinski definition) is 5. The van der Waals surface area contributed by atoms with Gasteiger partial charge in [0.2, 0.25) is 0 Å². The van der Waals surface area contributed by atoms with Crippen LogP contribution in [0.4, 0.5) is 4.39 Å². The lowest BCUT2D eigenvalue weighted by molar-refractivity contribution is -0.139. The monoisotopic (exact) mass is 391 g/mol. The summed E-state index contributed by atoms with van der Waals surface area (Å²) in [6.45, 7) is 2.16. The Morgan fingerprint density at radius 2 is 1.75 bits per heavy atom. The predicted molar refractivity (Wildman–Crippen MR) is 99.6 cm³/mol. The summed E-state index contributed by atoms with van der Waals surface area (Å²) < 4.78 is 29.0. The van der Waals surface area contributed by atoms with Crippen LogP contribution in [0, 0.1) is 5.82 Å². The summed E-state index contributed by atoms with van der Waals surface area (Å²) in [6, 6.07) is 10.2. The Balaban J connectivity index is 1.97. The maximum absolute atomic E-state index is 12.9. The third-order valence-electron chi connectivity index (χ3n) is 3.70. The van der Waals surface area contributed by atoms with Crippen LogP contribution in [-0.2, 0) is 4.79 Å². The molecule has 0 radical (unpaired) electrons. The Morgan fingerprint density at radius 1 is 1.04 bits per heavy atom. The Labute approximate surface area is 162 Å². The predicted octanol–water partition coefficient (Wildman–Crippen LogP) is 2.84. The molecule has 0 spiro atoms. The Bertz CT molecular complexity index is 809. The van der Waals surface area contributed by atoms with Crippen LogP contribution in [0.25, 0.3) is 0 Å². The molecular weight excluding hydrogens is 369 g/mol. The van der Waals surface area contributed by atoms with Crippen molar-refractivity contribution in [1.82, 2.24) is 4.90 Å². The number of halogens is 1. The van der Waals surface area contributed by atoms with Crippen LogP contribution in [0.3, 0.4) is 0 Å². The van der Waals surface area contributed by atoms with E-state index in [4.69, 9.17) is 19.3 Å². The molecule has 0 aromatic heterocycles. The van der Waals surface area contributed by atoms with Gasteiger partial charge in [0.1, 0.15) is 18.2 Å². The zero-order valence-corrected chi connectivity index (χ0v) is 15.7. The summed E-state index contributed by atoms with van der Waals surface area (Å²) >= 11 is 0. The summed E-state index contributed by atoms with van der Waals surface area (Å²) in [4.78, 5) is 24.7. The number of nitrogens with zero attached hydrogens (tertiary/aromatic N) is 1. The SMILES string of the molecule is CCOc1cc(C(=O)N(C)CCOc2ccc(F)cc2)ccc1OCC(=O)O. The van der Waals surface area contributed by atoms with Gasteiger partial charge in [-0.3, -0.25) is 4.79 Å². The van der Waals surface area contributed by atoms with Crippen molar-refractivity contribution in [2.45, 2.75) is 6.92 Å². The van der Waals surface area contributed by atoms with E-state index in [0.717, 1.165) is 0 Å². The van der Waals surface area contributed by atoms with Crippen molar-refractivity contribution in [3.63, 3.8) is 0 Å². The van der Waals surface area contributed by atoms with Gasteiger partial charge in [0.05, 0.1) is 13.2 Å². The number of likely N-dealkylation sites (N-methyl/N-ethyl adjacent to an activating group) is 1. The quantitative estimate of drug-likeness (QED) is 0.670. The van der Waals surface area contributed by atoms with Crippen molar-refractivity contribution in [3.8, 4) is 17.2 Å². The summed E-state index contributed by atoms with van der Waals surface area (Å²) in [7, 11) is 1.63. The molecule has 0 heterocycles. The third kappa shape index (κ3) is 6.15. The second-order valence-corrected chi connectivity index (χ2v) is 5.81. The number of hydrogen-bond donors (Lipinski definition) is 1. The van der Waals surface area contributed by atoms with Gasteiger partial charge in [-0.25, -0.2) is 9.18 Å². The smallest absolute Gasteiger partial charge is 0.341 e. The van der Waals surface area contributed by atoms with E-state index in [1.165, 1.54) is 41.3 Å². The van der Waals surface area contributed by atoms with Gasteiger partial charge in [0.25, 0.3) is 5.91 Å². The zero-order chi connectivity index (χ0) is 20.5. The average molecular weight is 391 g/mol. The molecule has 0 saturated carbocycles. The first-order chi connectivity index (χ1) is 13.4. The number of carboxylic acids is 1. The first-order valence-electron chi connectivity index (χ1n) is 8.66. The van der Waals surface area contributed by atoms with E-state index < -0.39 is 12.6 Å². The van der Waals surface area contributed by atoms with Crippen LogP contribution in [0.5, 0.6) is 17.2 Å². The molecule has 0 unspecified atom stereocenters. The van der Waals surface area contributed by atoms with Crippen LogP contribution in [-0.4, -0.2) is 55.3 Å². The number of aliphatic carboxylic acids is 1. The third-order valence-corrected chi connectivity index (χ3v) is 3.70. The molecule has 0 aliphatic carbocycles. The fraction of sp³-hybridized carbons (Fsp3) is 0.300. The molecule has 1 amide bonds. The largest absolute Gasteiger partial charge is 0.492 e. The maximum atomic E-state index is 12.9. The molecule has 2 aromatic rings. The molecule has 8 heteroatoms. The van der Waals surface area contributed by atoms with Crippen LogP contribution >= 0.6 is 0 Å². The molecular formula is C20H22FNO6. The van der Waals surface area contributed by atoms with Crippen molar-refractivity contribution in [2.75, 3.05) is 33.4 Å². The van der Waals surface area contributed by atoms with E-state index in [2.05, 4.69) is 0 Å². The number of ether oxygens (including phenoxy) is 3. The molecule has 0 aliphatic heterocycles. The van der Waals surface area contributed by atoms with Crippen molar-refractivity contribution in [1.29, 1.82) is 0 Å². The number of amides is 1. The molecule has 150 valence electrons. The van der Waals surface area contributed by atoms with E-state index in [0.29, 0.717) is 30.2 Å². The highest BCUT2D eigenvalue weighted by Gasteiger charge is 2.16.